The molecule has 12 nitrogen and oxygen atoms in total. The van der Waals surface area contributed by atoms with E-state index >= 15 is 0 Å². The van der Waals surface area contributed by atoms with Crippen LogP contribution < -0.4 is 21.3 Å². The first-order chi connectivity index (χ1) is 27.2. The minimum Gasteiger partial charge on any atom is -0.320 e. The lowest BCUT2D eigenvalue weighted by Crippen LogP contribution is -2.20. The summed E-state index contributed by atoms with van der Waals surface area (Å²) in [7, 11) is 0. The monoisotopic (exact) mass is 760 g/mol. The van der Waals surface area contributed by atoms with Gasteiger partial charge in [0.25, 0.3) is 23.6 Å². The molecule has 0 bridgehead atoms. The molecule has 57 heavy (non-hydrogen) atoms. The standard InChI is InChI=1S/C45H44N8O4/c1-24-15-32(16-25(2)38(24)50-42(54)34-11-9-13-36(48-34)44(56)52-40-28(5)20-46-21-29(40)6)19-33-17-26(3)39(27(4)18-33)51-43(55)35-12-10-14-37(49-35)45(57)53-41-30(7)22-47-23-31(41)8/h9-18,20-23H,19H2,1-8H3,(H,50,54)(H,51,55)(H,46,52,56)(H,47,53,57). The fourth-order valence-electron chi connectivity index (χ4n) is 6.82. The fourth-order valence-corrected chi connectivity index (χ4v) is 6.82. The van der Waals surface area contributed by atoms with Crippen molar-refractivity contribution in [1.29, 1.82) is 0 Å². The number of hydrogen-bond acceptors (Lipinski definition) is 8. The normalized spacial score (nSPS) is 10.8. The SMILES string of the molecule is Cc1cncc(C)c1NC(=O)c1cccc(C(=O)Nc2c(C)cc(Cc3cc(C)c(NC(=O)c4cccc(C(=O)Nc5c(C)cncc5C)n4)c(C)c3)cc2C)n1. The van der Waals surface area contributed by atoms with Crippen LogP contribution in [0.1, 0.15) is 97.6 Å². The summed E-state index contributed by atoms with van der Waals surface area (Å²) < 4.78 is 0. The Kier molecular flexibility index (Phi) is 11.6. The van der Waals surface area contributed by atoms with E-state index in [0.29, 0.717) is 29.2 Å². The van der Waals surface area contributed by atoms with Crippen molar-refractivity contribution in [3.05, 3.63) is 164 Å². The van der Waals surface area contributed by atoms with Gasteiger partial charge in [0.1, 0.15) is 22.8 Å². The van der Waals surface area contributed by atoms with Gasteiger partial charge in [0.05, 0.1) is 0 Å². The third-order valence-corrected chi connectivity index (χ3v) is 9.63. The maximum absolute atomic E-state index is 13.4. The van der Waals surface area contributed by atoms with E-state index in [1.165, 1.54) is 0 Å². The van der Waals surface area contributed by atoms with Gasteiger partial charge in [-0.15, -0.1) is 0 Å². The molecule has 6 rings (SSSR count). The Hall–Kier alpha value is -7.08. The summed E-state index contributed by atoms with van der Waals surface area (Å²) in [6.07, 6.45) is 7.32. The molecule has 0 atom stereocenters. The first-order valence-electron chi connectivity index (χ1n) is 18.4. The van der Waals surface area contributed by atoms with Gasteiger partial charge in [-0.25, -0.2) is 9.97 Å². The van der Waals surface area contributed by atoms with Crippen LogP contribution in [0.4, 0.5) is 22.7 Å². The molecule has 12 heteroatoms. The van der Waals surface area contributed by atoms with Crippen molar-refractivity contribution >= 4 is 46.4 Å². The van der Waals surface area contributed by atoms with Crippen LogP contribution in [-0.4, -0.2) is 43.6 Å². The summed E-state index contributed by atoms with van der Waals surface area (Å²) >= 11 is 0. The number of nitrogens with zero attached hydrogens (tertiary/aromatic N) is 4. The molecular weight excluding hydrogens is 717 g/mol. The lowest BCUT2D eigenvalue weighted by molar-refractivity contribution is 0.0998. The van der Waals surface area contributed by atoms with E-state index in [-0.39, 0.29) is 22.8 Å². The van der Waals surface area contributed by atoms with Crippen LogP contribution >= 0.6 is 0 Å². The zero-order valence-corrected chi connectivity index (χ0v) is 33.2. The second-order valence-electron chi connectivity index (χ2n) is 14.3. The van der Waals surface area contributed by atoms with Crippen molar-refractivity contribution < 1.29 is 19.2 Å². The largest absolute Gasteiger partial charge is 0.320 e. The molecule has 0 spiro atoms. The molecule has 0 saturated carbocycles. The molecule has 0 radical (unpaired) electrons. The van der Waals surface area contributed by atoms with E-state index in [1.807, 2.05) is 79.7 Å². The van der Waals surface area contributed by atoms with Gasteiger partial charge in [0.15, 0.2) is 0 Å². The van der Waals surface area contributed by atoms with Gasteiger partial charge < -0.3 is 21.3 Å². The molecule has 0 saturated heterocycles. The molecule has 6 aromatic rings. The second kappa shape index (κ2) is 16.7. The third-order valence-electron chi connectivity index (χ3n) is 9.63. The van der Waals surface area contributed by atoms with Crippen LogP contribution in [0.5, 0.6) is 0 Å². The molecule has 2 aromatic carbocycles. The molecule has 0 fully saturated rings. The van der Waals surface area contributed by atoms with E-state index in [0.717, 1.165) is 55.6 Å². The average Bonchev–Trinajstić information content (AvgIpc) is 3.17. The molecule has 0 aliphatic heterocycles. The number of carbonyl (C=O) groups is 4. The highest BCUT2D eigenvalue weighted by Gasteiger charge is 2.19. The number of anilines is 4. The highest BCUT2D eigenvalue weighted by Crippen LogP contribution is 2.28. The fraction of sp³-hybridized carbons (Fsp3) is 0.200. The van der Waals surface area contributed by atoms with Gasteiger partial charge in [-0.05, 0) is 142 Å². The molecule has 4 heterocycles. The van der Waals surface area contributed by atoms with Crippen molar-refractivity contribution in [2.24, 2.45) is 0 Å². The number of benzene rings is 2. The van der Waals surface area contributed by atoms with Gasteiger partial charge >= 0.3 is 0 Å². The number of aromatic nitrogens is 4. The Morgan fingerprint density at radius 3 is 0.912 bits per heavy atom. The summed E-state index contributed by atoms with van der Waals surface area (Å²) in [6.45, 7) is 15.2. The molecule has 288 valence electrons. The highest BCUT2D eigenvalue weighted by molar-refractivity contribution is 6.08. The number of pyridine rings is 4. The highest BCUT2D eigenvalue weighted by atomic mass is 16.2. The van der Waals surface area contributed by atoms with E-state index in [2.05, 4.69) is 41.2 Å². The summed E-state index contributed by atoms with van der Waals surface area (Å²) in [6, 6.07) is 17.7. The van der Waals surface area contributed by atoms with Gasteiger partial charge in [0, 0.05) is 47.5 Å². The Morgan fingerprint density at radius 2 is 0.649 bits per heavy atom. The smallest absolute Gasteiger partial charge is 0.274 e. The zero-order chi connectivity index (χ0) is 41.0. The van der Waals surface area contributed by atoms with Gasteiger partial charge in [-0.3, -0.25) is 29.1 Å². The molecule has 4 aromatic heterocycles. The minimum atomic E-state index is -0.427. The van der Waals surface area contributed by atoms with E-state index in [1.54, 1.807) is 61.2 Å². The maximum atomic E-state index is 13.4. The van der Waals surface area contributed by atoms with Crippen LogP contribution in [-0.2, 0) is 6.42 Å². The molecule has 4 N–H and O–H groups in total. The summed E-state index contributed by atoms with van der Waals surface area (Å²) in [5.41, 5.74) is 12.1. The lowest BCUT2D eigenvalue weighted by Gasteiger charge is -2.16. The zero-order valence-electron chi connectivity index (χ0n) is 33.2. The first-order valence-corrected chi connectivity index (χ1v) is 18.4. The first kappa shape index (κ1) is 39.6. The van der Waals surface area contributed by atoms with E-state index < -0.39 is 23.6 Å². The van der Waals surface area contributed by atoms with E-state index in [4.69, 9.17) is 0 Å². The van der Waals surface area contributed by atoms with Crippen LogP contribution in [0.3, 0.4) is 0 Å². The molecule has 4 amide bonds. The number of amides is 4. The van der Waals surface area contributed by atoms with Gasteiger partial charge in [-0.2, -0.15) is 0 Å². The van der Waals surface area contributed by atoms with Crippen LogP contribution in [0, 0.1) is 55.4 Å². The summed E-state index contributed by atoms with van der Waals surface area (Å²) in [4.78, 5) is 69.9. The Balaban J connectivity index is 1.11. The molecule has 0 unspecified atom stereocenters. The Labute approximate surface area is 331 Å². The lowest BCUT2D eigenvalue weighted by atomic mass is 9.96. The van der Waals surface area contributed by atoms with Crippen molar-refractivity contribution in [2.75, 3.05) is 21.3 Å². The molecule has 0 aliphatic rings. The minimum absolute atomic E-state index is 0.118. The van der Waals surface area contributed by atoms with Gasteiger partial charge in [-0.1, -0.05) is 36.4 Å². The van der Waals surface area contributed by atoms with Crippen molar-refractivity contribution in [2.45, 2.75) is 61.8 Å². The van der Waals surface area contributed by atoms with E-state index in [9.17, 15) is 19.2 Å². The quantitative estimate of drug-likeness (QED) is 0.108. The molecular formula is C45H44N8O4. The number of rotatable bonds is 10. The predicted molar refractivity (Wildman–Crippen MR) is 222 cm³/mol. The van der Waals surface area contributed by atoms with Crippen molar-refractivity contribution in [3.8, 4) is 0 Å². The summed E-state index contributed by atoms with van der Waals surface area (Å²) in [5, 5.41) is 11.8. The maximum Gasteiger partial charge on any atom is 0.274 e. The summed E-state index contributed by atoms with van der Waals surface area (Å²) in [5.74, 6) is -1.70. The van der Waals surface area contributed by atoms with Crippen LogP contribution in [0.15, 0.2) is 85.5 Å². The predicted octanol–water partition coefficient (Wildman–Crippen LogP) is 8.33. The second-order valence-corrected chi connectivity index (χ2v) is 14.3. The number of hydrogen-bond donors (Lipinski definition) is 4. The van der Waals surface area contributed by atoms with Crippen molar-refractivity contribution in [1.82, 2.24) is 19.9 Å². The van der Waals surface area contributed by atoms with Crippen LogP contribution in [0.25, 0.3) is 0 Å². The van der Waals surface area contributed by atoms with Gasteiger partial charge in [0.2, 0.25) is 0 Å². The Bertz CT molecular complexity index is 2320. The number of nitrogens with one attached hydrogen (secondary N) is 4. The third kappa shape index (κ3) is 9.08. The number of carbonyl (C=O) groups excluding carboxylic acids is 4. The molecule has 0 aliphatic carbocycles. The number of aryl methyl sites for hydroxylation is 8. The average molecular weight is 761 g/mol. The van der Waals surface area contributed by atoms with Crippen LogP contribution in [0.2, 0.25) is 0 Å². The van der Waals surface area contributed by atoms with Crippen molar-refractivity contribution in [3.63, 3.8) is 0 Å². The Morgan fingerprint density at radius 1 is 0.404 bits per heavy atom. The topological polar surface area (TPSA) is 168 Å².